The largest absolute Gasteiger partial charge is 0.496 e. The van der Waals surface area contributed by atoms with Crippen LogP contribution in [-0.2, 0) is 6.54 Å². The fraction of sp³-hybridized carbons (Fsp3) is 0.150. The van der Waals surface area contributed by atoms with Gasteiger partial charge in [-0.2, -0.15) is 0 Å². The van der Waals surface area contributed by atoms with E-state index in [0.717, 1.165) is 28.2 Å². The van der Waals surface area contributed by atoms with Gasteiger partial charge in [-0.15, -0.1) is 10.2 Å². The average Bonchev–Trinajstić information content (AvgIpc) is 3.17. The molecule has 0 aliphatic rings. The standard InChI is InChI=1S/C20H18FN5O/c1-13-10-22-9-8-14(13)15-6-7-19(26-12-24-25-20(15)26)23-11-16-17(21)4-3-5-18(16)27-2/h3-10,12,23H,11H2,1-2H3. The summed E-state index contributed by atoms with van der Waals surface area (Å²) in [5.74, 6) is 0.952. The van der Waals surface area contributed by atoms with E-state index in [1.807, 2.05) is 35.7 Å². The molecule has 6 nitrogen and oxygen atoms in total. The number of methoxy groups -OCH3 is 1. The van der Waals surface area contributed by atoms with E-state index in [1.165, 1.54) is 13.2 Å². The van der Waals surface area contributed by atoms with Crippen LogP contribution in [0.4, 0.5) is 10.2 Å². The highest BCUT2D eigenvalue weighted by molar-refractivity contribution is 5.80. The summed E-state index contributed by atoms with van der Waals surface area (Å²) in [7, 11) is 1.53. The van der Waals surface area contributed by atoms with Gasteiger partial charge in [0.25, 0.3) is 0 Å². The van der Waals surface area contributed by atoms with Crippen molar-refractivity contribution in [2.75, 3.05) is 12.4 Å². The van der Waals surface area contributed by atoms with Gasteiger partial charge in [-0.25, -0.2) is 4.39 Å². The SMILES string of the molecule is COc1cccc(F)c1CNc1ccc(-c2ccncc2C)c2nncn12. The van der Waals surface area contributed by atoms with Gasteiger partial charge in [0.1, 0.15) is 23.7 Å². The molecule has 0 fully saturated rings. The van der Waals surface area contributed by atoms with Crippen molar-refractivity contribution in [1.82, 2.24) is 19.6 Å². The van der Waals surface area contributed by atoms with Gasteiger partial charge in [-0.05, 0) is 48.4 Å². The lowest BCUT2D eigenvalue weighted by Crippen LogP contribution is -2.07. The summed E-state index contributed by atoms with van der Waals surface area (Å²) in [5, 5.41) is 11.5. The van der Waals surface area contributed by atoms with Gasteiger partial charge < -0.3 is 10.1 Å². The molecule has 7 heteroatoms. The fourth-order valence-electron chi connectivity index (χ4n) is 3.12. The van der Waals surface area contributed by atoms with E-state index in [2.05, 4.69) is 20.5 Å². The van der Waals surface area contributed by atoms with Gasteiger partial charge in [-0.3, -0.25) is 9.38 Å². The molecule has 136 valence electrons. The zero-order valence-corrected chi connectivity index (χ0v) is 15.0. The molecule has 0 aliphatic heterocycles. The van der Waals surface area contributed by atoms with Gasteiger partial charge >= 0.3 is 0 Å². The van der Waals surface area contributed by atoms with Gasteiger partial charge in [-0.1, -0.05) is 6.07 Å². The predicted molar refractivity (Wildman–Crippen MR) is 101 cm³/mol. The lowest BCUT2D eigenvalue weighted by molar-refractivity contribution is 0.405. The Bertz CT molecular complexity index is 1110. The number of anilines is 1. The highest BCUT2D eigenvalue weighted by Gasteiger charge is 2.13. The molecule has 0 spiro atoms. The lowest BCUT2D eigenvalue weighted by atomic mass is 10.0. The van der Waals surface area contributed by atoms with E-state index >= 15 is 0 Å². The first-order valence-corrected chi connectivity index (χ1v) is 8.48. The molecule has 0 atom stereocenters. The number of hydrogen-bond donors (Lipinski definition) is 1. The van der Waals surface area contributed by atoms with Crippen LogP contribution in [0.3, 0.4) is 0 Å². The Morgan fingerprint density at radius 1 is 1.15 bits per heavy atom. The van der Waals surface area contributed by atoms with Crippen LogP contribution >= 0.6 is 0 Å². The van der Waals surface area contributed by atoms with E-state index in [9.17, 15) is 4.39 Å². The van der Waals surface area contributed by atoms with Crippen LogP contribution in [0.15, 0.2) is 55.1 Å². The fourth-order valence-corrected chi connectivity index (χ4v) is 3.12. The second-order valence-corrected chi connectivity index (χ2v) is 6.12. The van der Waals surface area contributed by atoms with Crippen molar-refractivity contribution in [1.29, 1.82) is 0 Å². The van der Waals surface area contributed by atoms with Crippen LogP contribution in [0.25, 0.3) is 16.8 Å². The number of benzene rings is 1. The minimum absolute atomic E-state index is 0.275. The van der Waals surface area contributed by atoms with Crippen LogP contribution in [0, 0.1) is 12.7 Å². The maximum atomic E-state index is 14.2. The Hall–Kier alpha value is -3.48. The molecule has 0 radical (unpaired) electrons. The number of aromatic nitrogens is 4. The molecular weight excluding hydrogens is 345 g/mol. The third kappa shape index (κ3) is 3.08. The van der Waals surface area contributed by atoms with E-state index in [4.69, 9.17) is 4.74 Å². The number of pyridine rings is 2. The summed E-state index contributed by atoms with van der Waals surface area (Å²) in [6.07, 6.45) is 5.21. The molecule has 3 heterocycles. The lowest BCUT2D eigenvalue weighted by Gasteiger charge is -2.14. The number of halogens is 1. The molecule has 0 amide bonds. The molecular formula is C20H18FN5O. The zero-order chi connectivity index (χ0) is 18.8. The normalized spacial score (nSPS) is 10.9. The number of fused-ring (bicyclic) bond motifs is 1. The molecule has 0 aliphatic carbocycles. The molecule has 27 heavy (non-hydrogen) atoms. The smallest absolute Gasteiger partial charge is 0.170 e. The van der Waals surface area contributed by atoms with Crippen molar-refractivity contribution in [3.63, 3.8) is 0 Å². The summed E-state index contributed by atoms with van der Waals surface area (Å²) >= 11 is 0. The van der Waals surface area contributed by atoms with Crippen molar-refractivity contribution >= 4 is 11.5 Å². The number of nitrogens with one attached hydrogen (secondary N) is 1. The highest BCUT2D eigenvalue weighted by Crippen LogP contribution is 2.29. The van der Waals surface area contributed by atoms with Gasteiger partial charge in [0.15, 0.2) is 5.65 Å². The van der Waals surface area contributed by atoms with Crippen LogP contribution in [0.1, 0.15) is 11.1 Å². The Morgan fingerprint density at radius 2 is 2.04 bits per heavy atom. The monoisotopic (exact) mass is 363 g/mol. The minimum Gasteiger partial charge on any atom is -0.496 e. The second kappa shape index (κ2) is 7.03. The molecule has 4 rings (SSSR count). The average molecular weight is 363 g/mol. The van der Waals surface area contributed by atoms with E-state index in [0.29, 0.717) is 11.3 Å². The van der Waals surface area contributed by atoms with Crippen LogP contribution in [0.2, 0.25) is 0 Å². The number of hydrogen-bond acceptors (Lipinski definition) is 5. The van der Waals surface area contributed by atoms with Crippen molar-refractivity contribution < 1.29 is 9.13 Å². The maximum absolute atomic E-state index is 14.2. The molecule has 1 N–H and O–H groups in total. The van der Waals surface area contributed by atoms with E-state index < -0.39 is 0 Å². The zero-order valence-electron chi connectivity index (χ0n) is 15.0. The summed E-state index contributed by atoms with van der Waals surface area (Å²) in [5.41, 5.74) is 4.25. The Kier molecular flexibility index (Phi) is 4.42. The molecule has 0 unspecified atom stereocenters. The molecule has 0 saturated heterocycles. The number of ether oxygens (including phenoxy) is 1. The van der Waals surface area contributed by atoms with Crippen molar-refractivity contribution in [2.45, 2.75) is 13.5 Å². The first-order valence-electron chi connectivity index (χ1n) is 8.48. The molecule has 0 bridgehead atoms. The summed E-state index contributed by atoms with van der Waals surface area (Å²) in [6.45, 7) is 2.28. The Labute approximate surface area is 155 Å². The summed E-state index contributed by atoms with van der Waals surface area (Å²) < 4.78 is 21.3. The summed E-state index contributed by atoms with van der Waals surface area (Å²) in [4.78, 5) is 4.14. The number of nitrogens with zero attached hydrogens (tertiary/aromatic N) is 4. The number of aryl methyl sites for hydroxylation is 1. The topological polar surface area (TPSA) is 64.3 Å². The third-order valence-electron chi connectivity index (χ3n) is 4.51. The van der Waals surface area contributed by atoms with Crippen LogP contribution < -0.4 is 10.1 Å². The van der Waals surface area contributed by atoms with Gasteiger partial charge in [0, 0.05) is 30.1 Å². The highest BCUT2D eigenvalue weighted by atomic mass is 19.1. The third-order valence-corrected chi connectivity index (χ3v) is 4.51. The second-order valence-electron chi connectivity index (χ2n) is 6.12. The van der Waals surface area contributed by atoms with Crippen LogP contribution in [0.5, 0.6) is 5.75 Å². The first-order chi connectivity index (χ1) is 13.2. The minimum atomic E-state index is -0.314. The quantitative estimate of drug-likeness (QED) is 0.583. The predicted octanol–water partition coefficient (Wildman–Crippen LogP) is 3.86. The molecule has 4 aromatic rings. The van der Waals surface area contributed by atoms with E-state index in [1.54, 1.807) is 24.7 Å². The molecule has 0 saturated carbocycles. The first kappa shape index (κ1) is 17.0. The van der Waals surface area contributed by atoms with Crippen LogP contribution in [-0.4, -0.2) is 26.7 Å². The Balaban J connectivity index is 1.70. The van der Waals surface area contributed by atoms with Crippen molar-refractivity contribution in [3.8, 4) is 16.9 Å². The van der Waals surface area contributed by atoms with Crippen molar-refractivity contribution in [3.05, 3.63) is 72.1 Å². The molecule has 1 aromatic carbocycles. The van der Waals surface area contributed by atoms with Gasteiger partial charge in [0.2, 0.25) is 0 Å². The maximum Gasteiger partial charge on any atom is 0.170 e. The summed E-state index contributed by atoms with van der Waals surface area (Å²) in [6, 6.07) is 10.7. The van der Waals surface area contributed by atoms with Gasteiger partial charge in [0.05, 0.1) is 7.11 Å². The molecule has 3 aromatic heterocycles. The van der Waals surface area contributed by atoms with Crippen molar-refractivity contribution in [2.24, 2.45) is 0 Å². The number of rotatable bonds is 5. The Morgan fingerprint density at radius 3 is 2.85 bits per heavy atom. The van der Waals surface area contributed by atoms with E-state index in [-0.39, 0.29) is 12.4 Å².